The van der Waals surface area contributed by atoms with Gasteiger partial charge in [0.2, 0.25) is 11.8 Å². The molecule has 26 heavy (non-hydrogen) atoms. The summed E-state index contributed by atoms with van der Waals surface area (Å²) in [4.78, 5) is 36.3. The minimum atomic E-state index is -0.487. The third-order valence-corrected chi connectivity index (χ3v) is 4.49. The molecule has 0 atom stereocenters. The molecular weight excluding hydrogens is 354 g/mol. The van der Waals surface area contributed by atoms with Gasteiger partial charge in [0.15, 0.2) is 0 Å². The fourth-order valence-corrected chi connectivity index (χ4v) is 3.21. The molecule has 1 aromatic heterocycles. The van der Waals surface area contributed by atoms with Gasteiger partial charge in [0.1, 0.15) is 5.00 Å². The molecule has 0 saturated carbocycles. The molecule has 2 amide bonds. The highest BCUT2D eigenvalue weighted by molar-refractivity contribution is 7.20. The van der Waals surface area contributed by atoms with Crippen LogP contribution < -0.4 is 16.0 Å². The summed E-state index contributed by atoms with van der Waals surface area (Å²) < 4.78 is 5.07. The third kappa shape index (κ3) is 5.40. The molecule has 0 fully saturated rings. The van der Waals surface area contributed by atoms with E-state index in [0.29, 0.717) is 10.6 Å². The Kier molecular flexibility index (Phi) is 7.31. The average Bonchev–Trinajstić information content (AvgIpc) is 3.06. The van der Waals surface area contributed by atoms with E-state index in [0.717, 1.165) is 10.4 Å². The van der Waals surface area contributed by atoms with Crippen LogP contribution in [0.2, 0.25) is 0 Å². The van der Waals surface area contributed by atoms with Crippen LogP contribution in [0, 0.1) is 0 Å². The van der Waals surface area contributed by atoms with Gasteiger partial charge in [0.05, 0.1) is 25.3 Å². The van der Waals surface area contributed by atoms with Gasteiger partial charge in [-0.25, -0.2) is 4.79 Å². The topological polar surface area (TPSA) is 96.5 Å². The van der Waals surface area contributed by atoms with Crippen LogP contribution in [0.4, 0.5) is 5.00 Å². The van der Waals surface area contributed by atoms with Crippen molar-refractivity contribution in [1.82, 2.24) is 10.6 Å². The molecular formula is C18H21N3O4S. The zero-order valence-electron chi connectivity index (χ0n) is 14.6. The standard InChI is InChI=1S/C18H21N3O4S/c1-3-25-18(24)13-9-14(12-7-5-4-6-8-12)26-17(13)21-16(23)11-20-10-15(22)19-2/h4-9,20H,3,10-11H2,1-2H3,(H,19,22)(H,21,23). The number of hydrogen-bond acceptors (Lipinski definition) is 6. The largest absolute Gasteiger partial charge is 0.462 e. The summed E-state index contributed by atoms with van der Waals surface area (Å²) in [5.41, 5.74) is 1.26. The molecule has 1 aromatic carbocycles. The minimum absolute atomic E-state index is 0.0361. The molecule has 0 radical (unpaired) electrons. The molecule has 7 nitrogen and oxygen atoms in total. The molecule has 0 aliphatic heterocycles. The van der Waals surface area contributed by atoms with Crippen molar-refractivity contribution >= 4 is 34.1 Å². The Hall–Kier alpha value is -2.71. The molecule has 0 spiro atoms. The number of hydrogen-bond donors (Lipinski definition) is 3. The van der Waals surface area contributed by atoms with Gasteiger partial charge in [-0.05, 0) is 18.6 Å². The summed E-state index contributed by atoms with van der Waals surface area (Å²) in [5.74, 6) is -1.05. The second kappa shape index (κ2) is 9.69. The Morgan fingerprint density at radius 1 is 1.08 bits per heavy atom. The Morgan fingerprint density at radius 3 is 2.42 bits per heavy atom. The summed E-state index contributed by atoms with van der Waals surface area (Å²) in [5, 5.41) is 8.33. The van der Waals surface area contributed by atoms with Crippen LogP contribution in [0.3, 0.4) is 0 Å². The van der Waals surface area contributed by atoms with Gasteiger partial charge in [0.25, 0.3) is 0 Å². The van der Waals surface area contributed by atoms with Gasteiger partial charge in [-0.15, -0.1) is 11.3 Å². The number of carbonyl (C=O) groups is 3. The van der Waals surface area contributed by atoms with Gasteiger partial charge in [-0.3, -0.25) is 14.9 Å². The molecule has 138 valence electrons. The maximum Gasteiger partial charge on any atom is 0.341 e. The Morgan fingerprint density at radius 2 is 1.77 bits per heavy atom. The number of esters is 1. The second-order valence-electron chi connectivity index (χ2n) is 5.26. The average molecular weight is 375 g/mol. The van der Waals surface area contributed by atoms with Gasteiger partial charge in [-0.2, -0.15) is 0 Å². The first-order valence-electron chi connectivity index (χ1n) is 8.12. The quantitative estimate of drug-likeness (QED) is 0.612. The fraction of sp³-hybridized carbons (Fsp3) is 0.278. The maximum atomic E-state index is 12.2. The minimum Gasteiger partial charge on any atom is -0.462 e. The van der Waals surface area contributed by atoms with E-state index >= 15 is 0 Å². The van der Waals surface area contributed by atoms with Crippen LogP contribution in [0.25, 0.3) is 10.4 Å². The molecule has 2 aromatic rings. The number of nitrogens with one attached hydrogen (secondary N) is 3. The fourth-order valence-electron chi connectivity index (χ4n) is 2.14. The van der Waals surface area contributed by atoms with Crippen LogP contribution in [-0.4, -0.2) is 44.5 Å². The first-order valence-corrected chi connectivity index (χ1v) is 8.94. The van der Waals surface area contributed by atoms with Gasteiger partial charge < -0.3 is 15.4 Å². The van der Waals surface area contributed by atoms with Crippen molar-refractivity contribution in [3.05, 3.63) is 42.0 Å². The lowest BCUT2D eigenvalue weighted by molar-refractivity contribution is -0.120. The van der Waals surface area contributed by atoms with E-state index in [9.17, 15) is 14.4 Å². The predicted molar refractivity (Wildman–Crippen MR) is 101 cm³/mol. The van der Waals surface area contributed by atoms with Gasteiger partial charge in [-0.1, -0.05) is 30.3 Å². The second-order valence-corrected chi connectivity index (χ2v) is 6.32. The highest BCUT2D eigenvalue weighted by Gasteiger charge is 2.19. The monoisotopic (exact) mass is 375 g/mol. The number of benzene rings is 1. The van der Waals surface area contributed by atoms with Crippen molar-refractivity contribution in [3.8, 4) is 10.4 Å². The SMILES string of the molecule is CCOC(=O)c1cc(-c2ccccc2)sc1NC(=O)CNCC(=O)NC. The normalized spacial score (nSPS) is 10.2. The van der Waals surface area contributed by atoms with E-state index in [4.69, 9.17) is 4.74 Å². The first kappa shape index (κ1) is 19.6. The first-order chi connectivity index (χ1) is 12.5. The molecule has 0 aliphatic carbocycles. The molecule has 1 heterocycles. The summed E-state index contributed by atoms with van der Waals surface area (Å²) in [6, 6.07) is 11.3. The van der Waals surface area contributed by atoms with E-state index in [-0.39, 0.29) is 31.5 Å². The van der Waals surface area contributed by atoms with E-state index in [2.05, 4.69) is 16.0 Å². The van der Waals surface area contributed by atoms with Gasteiger partial charge in [0, 0.05) is 11.9 Å². The lowest BCUT2D eigenvalue weighted by Gasteiger charge is -2.07. The summed E-state index contributed by atoms with van der Waals surface area (Å²) in [6.07, 6.45) is 0. The van der Waals surface area contributed by atoms with E-state index in [1.54, 1.807) is 13.0 Å². The number of amides is 2. The third-order valence-electron chi connectivity index (χ3n) is 3.39. The summed E-state index contributed by atoms with van der Waals surface area (Å²) in [7, 11) is 1.52. The Bertz CT molecular complexity index is 774. The summed E-state index contributed by atoms with van der Waals surface area (Å²) >= 11 is 1.30. The van der Waals surface area contributed by atoms with Crippen molar-refractivity contribution < 1.29 is 19.1 Å². The number of rotatable bonds is 8. The maximum absolute atomic E-state index is 12.2. The van der Waals surface area contributed by atoms with E-state index in [1.165, 1.54) is 18.4 Å². The number of thiophene rings is 1. The lowest BCUT2D eigenvalue weighted by atomic mass is 10.1. The highest BCUT2D eigenvalue weighted by atomic mass is 32.1. The number of ether oxygens (including phenoxy) is 1. The number of carbonyl (C=O) groups excluding carboxylic acids is 3. The van der Waals surface area contributed by atoms with Gasteiger partial charge >= 0.3 is 5.97 Å². The molecule has 8 heteroatoms. The zero-order valence-corrected chi connectivity index (χ0v) is 15.4. The molecule has 0 bridgehead atoms. The lowest BCUT2D eigenvalue weighted by Crippen LogP contribution is -2.36. The van der Waals surface area contributed by atoms with E-state index in [1.807, 2.05) is 30.3 Å². The molecule has 0 aliphatic rings. The van der Waals surface area contributed by atoms with Crippen LogP contribution >= 0.6 is 11.3 Å². The molecule has 0 unspecified atom stereocenters. The number of anilines is 1. The van der Waals surface area contributed by atoms with Crippen molar-refractivity contribution in [2.45, 2.75) is 6.92 Å². The highest BCUT2D eigenvalue weighted by Crippen LogP contribution is 2.35. The smallest absolute Gasteiger partial charge is 0.341 e. The van der Waals surface area contributed by atoms with Crippen molar-refractivity contribution in [1.29, 1.82) is 0 Å². The van der Waals surface area contributed by atoms with Crippen LogP contribution in [0.15, 0.2) is 36.4 Å². The Labute approximate surface area is 155 Å². The van der Waals surface area contributed by atoms with Crippen LogP contribution in [0.1, 0.15) is 17.3 Å². The van der Waals surface area contributed by atoms with Crippen molar-refractivity contribution in [2.24, 2.45) is 0 Å². The molecule has 3 N–H and O–H groups in total. The van der Waals surface area contributed by atoms with E-state index < -0.39 is 5.97 Å². The molecule has 0 saturated heterocycles. The zero-order chi connectivity index (χ0) is 18.9. The van der Waals surface area contributed by atoms with Crippen LogP contribution in [0.5, 0.6) is 0 Å². The summed E-state index contributed by atoms with van der Waals surface area (Å²) in [6.45, 7) is 1.96. The number of likely N-dealkylation sites (N-methyl/N-ethyl adjacent to an activating group) is 1. The van der Waals surface area contributed by atoms with Crippen molar-refractivity contribution in [3.63, 3.8) is 0 Å². The molecule has 2 rings (SSSR count). The van der Waals surface area contributed by atoms with Crippen molar-refractivity contribution in [2.75, 3.05) is 32.1 Å². The predicted octanol–water partition coefficient (Wildman–Crippen LogP) is 1.87. The Balaban J connectivity index is 2.14. The van der Waals surface area contributed by atoms with Crippen LogP contribution in [-0.2, 0) is 14.3 Å².